The van der Waals surface area contributed by atoms with E-state index in [0.29, 0.717) is 16.8 Å². The molecule has 94 valence electrons. The number of aryl methyl sites for hydroxylation is 1. The summed E-state index contributed by atoms with van der Waals surface area (Å²) < 4.78 is 31.8. The number of hydrogen-bond donors (Lipinski definition) is 2. The summed E-state index contributed by atoms with van der Waals surface area (Å²) in [4.78, 5) is -0.138. The summed E-state index contributed by atoms with van der Waals surface area (Å²) in [7, 11) is -4.26. The first kappa shape index (κ1) is 12.6. The van der Waals surface area contributed by atoms with E-state index in [1.165, 1.54) is 6.07 Å². The van der Waals surface area contributed by atoms with Crippen molar-refractivity contribution in [3.8, 4) is 11.1 Å². The molecule has 0 amide bonds. The molecule has 0 aliphatic rings. The summed E-state index contributed by atoms with van der Waals surface area (Å²) in [6.45, 7) is 1.90. The molecule has 0 unspecified atom stereocenters. The van der Waals surface area contributed by atoms with Gasteiger partial charge in [-0.15, -0.1) is 0 Å². The van der Waals surface area contributed by atoms with E-state index >= 15 is 0 Å². The Balaban J connectivity index is 2.72. The SMILES string of the molecule is Cc1ccc(-c2ccccc2S(=O)(=O)O)c(N)c1. The van der Waals surface area contributed by atoms with Gasteiger partial charge in [0.25, 0.3) is 10.1 Å². The van der Waals surface area contributed by atoms with Crippen molar-refractivity contribution in [2.45, 2.75) is 11.8 Å². The minimum Gasteiger partial charge on any atom is -0.398 e. The van der Waals surface area contributed by atoms with E-state index in [1.54, 1.807) is 30.3 Å². The summed E-state index contributed by atoms with van der Waals surface area (Å²) in [6.07, 6.45) is 0. The molecule has 2 aromatic carbocycles. The minimum absolute atomic E-state index is 0.138. The van der Waals surface area contributed by atoms with Gasteiger partial charge in [-0.3, -0.25) is 4.55 Å². The van der Waals surface area contributed by atoms with Crippen LogP contribution in [0.5, 0.6) is 0 Å². The molecule has 4 nitrogen and oxygen atoms in total. The predicted molar refractivity (Wildman–Crippen MR) is 70.8 cm³/mol. The molecular weight excluding hydrogens is 250 g/mol. The Hall–Kier alpha value is -1.85. The van der Waals surface area contributed by atoms with E-state index in [4.69, 9.17) is 5.73 Å². The van der Waals surface area contributed by atoms with Crippen LogP contribution in [0.2, 0.25) is 0 Å². The normalized spacial score (nSPS) is 11.4. The van der Waals surface area contributed by atoms with Gasteiger partial charge in [-0.2, -0.15) is 8.42 Å². The maximum Gasteiger partial charge on any atom is 0.295 e. The van der Waals surface area contributed by atoms with E-state index < -0.39 is 10.1 Å². The average Bonchev–Trinajstić information content (AvgIpc) is 2.28. The molecular formula is C13H13NO3S. The van der Waals surface area contributed by atoms with Crippen LogP contribution in [0.1, 0.15) is 5.56 Å². The number of anilines is 1. The fourth-order valence-corrected chi connectivity index (χ4v) is 2.55. The molecule has 0 heterocycles. The van der Waals surface area contributed by atoms with Crippen molar-refractivity contribution in [2.75, 3.05) is 5.73 Å². The second kappa shape index (κ2) is 4.44. The highest BCUT2D eigenvalue weighted by atomic mass is 32.2. The Kier molecular flexibility index (Phi) is 3.11. The van der Waals surface area contributed by atoms with Crippen LogP contribution in [0.15, 0.2) is 47.4 Å². The Bertz CT molecular complexity index is 693. The van der Waals surface area contributed by atoms with Gasteiger partial charge < -0.3 is 5.73 Å². The molecule has 0 saturated heterocycles. The third-order valence-corrected chi connectivity index (χ3v) is 3.57. The second-order valence-corrected chi connectivity index (χ2v) is 5.45. The molecule has 0 aliphatic heterocycles. The van der Waals surface area contributed by atoms with Gasteiger partial charge in [0, 0.05) is 16.8 Å². The number of nitrogen functional groups attached to an aromatic ring is 1. The fourth-order valence-electron chi connectivity index (χ4n) is 1.84. The summed E-state index contributed by atoms with van der Waals surface area (Å²) >= 11 is 0. The van der Waals surface area contributed by atoms with Crippen molar-refractivity contribution < 1.29 is 13.0 Å². The van der Waals surface area contributed by atoms with Crippen molar-refractivity contribution >= 4 is 15.8 Å². The van der Waals surface area contributed by atoms with Crippen LogP contribution in [-0.4, -0.2) is 13.0 Å². The van der Waals surface area contributed by atoms with Crippen molar-refractivity contribution in [1.82, 2.24) is 0 Å². The first-order chi connectivity index (χ1) is 8.39. The number of benzene rings is 2. The van der Waals surface area contributed by atoms with Crippen LogP contribution in [0, 0.1) is 6.92 Å². The van der Waals surface area contributed by atoms with Crippen LogP contribution in [0.4, 0.5) is 5.69 Å². The Labute approximate surface area is 106 Å². The van der Waals surface area contributed by atoms with Crippen LogP contribution < -0.4 is 5.73 Å². The molecule has 3 N–H and O–H groups in total. The number of hydrogen-bond acceptors (Lipinski definition) is 3. The summed E-state index contributed by atoms with van der Waals surface area (Å²) in [5, 5.41) is 0. The Morgan fingerprint density at radius 1 is 1.06 bits per heavy atom. The number of nitrogens with two attached hydrogens (primary N) is 1. The Morgan fingerprint density at radius 2 is 1.72 bits per heavy atom. The van der Waals surface area contributed by atoms with Gasteiger partial charge in [-0.1, -0.05) is 30.3 Å². The molecule has 2 rings (SSSR count). The van der Waals surface area contributed by atoms with Gasteiger partial charge in [-0.05, 0) is 24.6 Å². The summed E-state index contributed by atoms with van der Waals surface area (Å²) in [5.74, 6) is 0. The molecule has 0 aromatic heterocycles. The standard InChI is InChI=1S/C13H13NO3S/c1-9-6-7-10(12(14)8-9)11-4-2-3-5-13(11)18(15,16)17/h2-8H,14H2,1H3,(H,15,16,17). The van der Waals surface area contributed by atoms with Gasteiger partial charge in [0.15, 0.2) is 0 Å². The second-order valence-electron chi connectivity index (χ2n) is 4.06. The van der Waals surface area contributed by atoms with Crippen LogP contribution in [0.3, 0.4) is 0 Å². The Morgan fingerprint density at radius 3 is 2.33 bits per heavy atom. The monoisotopic (exact) mass is 263 g/mol. The van der Waals surface area contributed by atoms with Crippen molar-refractivity contribution in [3.63, 3.8) is 0 Å². The summed E-state index contributed by atoms with van der Waals surface area (Å²) in [6, 6.07) is 11.6. The molecule has 0 atom stereocenters. The van der Waals surface area contributed by atoms with E-state index in [-0.39, 0.29) is 4.90 Å². The summed E-state index contributed by atoms with van der Waals surface area (Å²) in [5.41, 5.74) is 8.35. The molecule has 0 bridgehead atoms. The molecule has 0 spiro atoms. The smallest absolute Gasteiger partial charge is 0.295 e. The minimum atomic E-state index is -4.26. The van der Waals surface area contributed by atoms with Gasteiger partial charge in [0.1, 0.15) is 4.90 Å². The van der Waals surface area contributed by atoms with Gasteiger partial charge in [0.05, 0.1) is 0 Å². The molecule has 0 fully saturated rings. The molecule has 5 heteroatoms. The predicted octanol–water partition coefficient (Wildman–Crippen LogP) is 2.49. The van der Waals surface area contributed by atoms with E-state index in [1.807, 2.05) is 13.0 Å². The zero-order valence-electron chi connectivity index (χ0n) is 9.79. The first-order valence-electron chi connectivity index (χ1n) is 5.32. The molecule has 0 radical (unpaired) electrons. The van der Waals surface area contributed by atoms with Crippen molar-refractivity contribution in [3.05, 3.63) is 48.0 Å². The van der Waals surface area contributed by atoms with Gasteiger partial charge in [0.2, 0.25) is 0 Å². The third-order valence-electron chi connectivity index (χ3n) is 2.66. The average molecular weight is 263 g/mol. The topological polar surface area (TPSA) is 80.4 Å². The van der Waals surface area contributed by atoms with E-state index in [0.717, 1.165) is 5.56 Å². The van der Waals surface area contributed by atoms with Gasteiger partial charge in [-0.25, -0.2) is 0 Å². The zero-order chi connectivity index (χ0) is 13.3. The quantitative estimate of drug-likeness (QED) is 0.644. The number of rotatable bonds is 2. The van der Waals surface area contributed by atoms with Crippen LogP contribution >= 0.6 is 0 Å². The van der Waals surface area contributed by atoms with E-state index in [9.17, 15) is 13.0 Å². The highest BCUT2D eigenvalue weighted by Gasteiger charge is 2.17. The van der Waals surface area contributed by atoms with Crippen LogP contribution in [0.25, 0.3) is 11.1 Å². The highest BCUT2D eigenvalue weighted by molar-refractivity contribution is 7.86. The fraction of sp³-hybridized carbons (Fsp3) is 0.0769. The lowest BCUT2D eigenvalue weighted by atomic mass is 10.0. The highest BCUT2D eigenvalue weighted by Crippen LogP contribution is 2.31. The third kappa shape index (κ3) is 2.37. The lowest BCUT2D eigenvalue weighted by Gasteiger charge is -2.10. The maximum atomic E-state index is 11.3. The van der Waals surface area contributed by atoms with Crippen LogP contribution in [-0.2, 0) is 10.1 Å². The van der Waals surface area contributed by atoms with Crippen molar-refractivity contribution in [2.24, 2.45) is 0 Å². The lowest BCUT2D eigenvalue weighted by molar-refractivity contribution is 0.483. The molecule has 0 aliphatic carbocycles. The lowest BCUT2D eigenvalue weighted by Crippen LogP contribution is -2.01. The van der Waals surface area contributed by atoms with Gasteiger partial charge >= 0.3 is 0 Å². The maximum absolute atomic E-state index is 11.3. The van der Waals surface area contributed by atoms with Crippen molar-refractivity contribution in [1.29, 1.82) is 0 Å². The largest absolute Gasteiger partial charge is 0.398 e. The molecule has 0 saturated carbocycles. The first-order valence-corrected chi connectivity index (χ1v) is 6.76. The molecule has 18 heavy (non-hydrogen) atoms. The zero-order valence-corrected chi connectivity index (χ0v) is 10.6. The molecule has 2 aromatic rings. The van der Waals surface area contributed by atoms with E-state index in [2.05, 4.69) is 0 Å².